The Bertz CT molecular complexity index is 968. The van der Waals surface area contributed by atoms with Crippen LogP contribution in [0.1, 0.15) is 18.4 Å². The van der Waals surface area contributed by atoms with Crippen molar-refractivity contribution < 1.29 is 4.79 Å². The minimum atomic E-state index is -0.0337. The van der Waals surface area contributed by atoms with Gasteiger partial charge >= 0.3 is 0 Å². The first-order valence-corrected chi connectivity index (χ1v) is 9.37. The van der Waals surface area contributed by atoms with E-state index in [-0.39, 0.29) is 11.8 Å². The van der Waals surface area contributed by atoms with Gasteiger partial charge in [-0.15, -0.1) is 0 Å². The molecular weight excluding hydrogens is 362 g/mol. The number of amides is 1. The molecule has 0 spiro atoms. The van der Waals surface area contributed by atoms with Crippen LogP contribution >= 0.6 is 11.6 Å². The summed E-state index contributed by atoms with van der Waals surface area (Å²) in [6.45, 7) is 3.63. The summed E-state index contributed by atoms with van der Waals surface area (Å²) < 4.78 is 0. The highest BCUT2D eigenvalue weighted by Gasteiger charge is 2.26. The Balaban J connectivity index is 1.44. The second-order valence-electron chi connectivity index (χ2n) is 6.83. The average molecular weight is 382 g/mol. The molecule has 1 fully saturated rings. The number of carbonyl (C=O) groups is 1. The van der Waals surface area contributed by atoms with E-state index in [4.69, 9.17) is 11.6 Å². The summed E-state index contributed by atoms with van der Waals surface area (Å²) in [7, 11) is 0. The van der Waals surface area contributed by atoms with Gasteiger partial charge in [0.2, 0.25) is 5.91 Å². The largest absolute Gasteiger partial charge is 0.356 e. The molecule has 3 aromatic rings. The number of hydrogen-bond acceptors (Lipinski definition) is 5. The van der Waals surface area contributed by atoms with Crippen LogP contribution in [0.3, 0.4) is 0 Å². The predicted molar refractivity (Wildman–Crippen MR) is 107 cm³/mol. The summed E-state index contributed by atoms with van der Waals surface area (Å²) in [5, 5.41) is 4.49. The van der Waals surface area contributed by atoms with Crippen molar-refractivity contribution in [3.05, 3.63) is 53.4 Å². The van der Waals surface area contributed by atoms with Gasteiger partial charge in [0, 0.05) is 30.6 Å². The molecule has 0 radical (unpaired) electrons. The van der Waals surface area contributed by atoms with Crippen molar-refractivity contribution in [2.75, 3.05) is 23.3 Å². The molecule has 0 aliphatic carbocycles. The fourth-order valence-corrected chi connectivity index (χ4v) is 3.55. The Hall–Kier alpha value is -2.73. The third-order valence-corrected chi connectivity index (χ3v) is 5.14. The number of pyridine rings is 1. The summed E-state index contributed by atoms with van der Waals surface area (Å²) in [4.78, 5) is 27.8. The van der Waals surface area contributed by atoms with Gasteiger partial charge in [-0.2, -0.15) is 0 Å². The van der Waals surface area contributed by atoms with Gasteiger partial charge in [0.25, 0.3) is 0 Å². The topological polar surface area (TPSA) is 71.0 Å². The lowest BCUT2D eigenvalue weighted by Gasteiger charge is -2.32. The van der Waals surface area contributed by atoms with Gasteiger partial charge in [0.15, 0.2) is 0 Å². The molecule has 1 aromatic carbocycles. The second kappa shape index (κ2) is 7.48. The van der Waals surface area contributed by atoms with Crippen molar-refractivity contribution in [2.24, 2.45) is 5.92 Å². The first kappa shape index (κ1) is 17.7. The molecule has 1 aliphatic rings. The predicted octanol–water partition coefficient (Wildman–Crippen LogP) is 3.84. The molecule has 0 atom stereocenters. The third kappa shape index (κ3) is 3.85. The fourth-order valence-electron chi connectivity index (χ4n) is 3.44. The summed E-state index contributed by atoms with van der Waals surface area (Å²) in [6.07, 6.45) is 4.69. The van der Waals surface area contributed by atoms with Gasteiger partial charge in [0.1, 0.15) is 18.0 Å². The standard InChI is InChI=1S/C20H20ClN5O/c1-13-2-4-17-16(10-13)19(24-12-23-17)26-8-6-14(7-9-26)20(27)25-18-5-3-15(21)11-22-18/h2-5,10-12,14H,6-9H2,1H3,(H,22,25,27). The van der Waals surface area contributed by atoms with E-state index < -0.39 is 0 Å². The molecule has 7 heteroatoms. The van der Waals surface area contributed by atoms with Crippen molar-refractivity contribution in [2.45, 2.75) is 19.8 Å². The van der Waals surface area contributed by atoms with E-state index in [1.165, 1.54) is 11.8 Å². The number of hydrogen-bond donors (Lipinski definition) is 1. The van der Waals surface area contributed by atoms with Crippen LogP contribution in [-0.4, -0.2) is 33.9 Å². The third-order valence-electron chi connectivity index (χ3n) is 4.91. The van der Waals surface area contributed by atoms with Gasteiger partial charge in [-0.05, 0) is 44.0 Å². The quantitative estimate of drug-likeness (QED) is 0.746. The number of piperidine rings is 1. The molecule has 1 saturated heterocycles. The maximum atomic E-state index is 12.5. The molecule has 6 nitrogen and oxygen atoms in total. The Kier molecular flexibility index (Phi) is 4.90. The SMILES string of the molecule is Cc1ccc2ncnc(N3CCC(C(=O)Nc4ccc(Cl)cn4)CC3)c2c1. The number of halogens is 1. The summed E-state index contributed by atoms with van der Waals surface area (Å²) in [5.74, 6) is 1.45. The fraction of sp³-hybridized carbons (Fsp3) is 0.300. The highest BCUT2D eigenvalue weighted by molar-refractivity contribution is 6.30. The molecule has 4 rings (SSSR count). The molecule has 27 heavy (non-hydrogen) atoms. The van der Waals surface area contributed by atoms with Crippen molar-refractivity contribution >= 4 is 40.0 Å². The highest BCUT2D eigenvalue weighted by Crippen LogP contribution is 2.28. The average Bonchev–Trinajstić information content (AvgIpc) is 2.69. The van der Waals surface area contributed by atoms with E-state index >= 15 is 0 Å². The summed E-state index contributed by atoms with van der Waals surface area (Å²) in [6, 6.07) is 9.63. The van der Waals surface area contributed by atoms with Crippen LogP contribution in [0.2, 0.25) is 5.02 Å². The minimum Gasteiger partial charge on any atom is -0.356 e. The van der Waals surface area contributed by atoms with Crippen molar-refractivity contribution in [3.8, 4) is 0 Å². The molecule has 0 unspecified atom stereocenters. The normalized spacial score (nSPS) is 15.1. The van der Waals surface area contributed by atoms with Gasteiger partial charge in [-0.1, -0.05) is 23.2 Å². The van der Waals surface area contributed by atoms with Crippen LogP contribution in [0.4, 0.5) is 11.6 Å². The number of aromatic nitrogens is 3. The molecule has 0 saturated carbocycles. The van der Waals surface area contributed by atoms with Crippen molar-refractivity contribution in [3.63, 3.8) is 0 Å². The van der Waals surface area contributed by atoms with E-state index in [0.717, 1.165) is 42.7 Å². The van der Waals surface area contributed by atoms with E-state index in [2.05, 4.69) is 44.2 Å². The zero-order chi connectivity index (χ0) is 18.8. The number of benzene rings is 1. The van der Waals surface area contributed by atoms with Crippen LogP contribution in [0, 0.1) is 12.8 Å². The summed E-state index contributed by atoms with van der Waals surface area (Å²) in [5.41, 5.74) is 2.13. The summed E-state index contributed by atoms with van der Waals surface area (Å²) >= 11 is 5.83. The first-order valence-electron chi connectivity index (χ1n) is 8.99. The minimum absolute atomic E-state index is 0.00728. The highest BCUT2D eigenvalue weighted by atomic mass is 35.5. The van der Waals surface area contributed by atoms with Gasteiger partial charge < -0.3 is 10.2 Å². The molecule has 1 aliphatic heterocycles. The molecule has 2 aromatic heterocycles. The van der Waals surface area contributed by atoms with Gasteiger partial charge in [0.05, 0.1) is 10.5 Å². The van der Waals surface area contributed by atoms with E-state index in [0.29, 0.717) is 10.8 Å². The van der Waals surface area contributed by atoms with E-state index in [1.54, 1.807) is 18.5 Å². The lowest BCUT2D eigenvalue weighted by molar-refractivity contribution is -0.120. The van der Waals surface area contributed by atoms with E-state index in [1.807, 2.05) is 6.07 Å². The Morgan fingerprint density at radius 2 is 1.96 bits per heavy atom. The molecular formula is C20H20ClN5O. The van der Waals surface area contributed by atoms with Crippen LogP contribution in [0.5, 0.6) is 0 Å². The number of carbonyl (C=O) groups excluding carboxylic acids is 1. The molecule has 1 amide bonds. The maximum Gasteiger partial charge on any atom is 0.228 e. The smallest absolute Gasteiger partial charge is 0.228 e. The van der Waals surface area contributed by atoms with Crippen LogP contribution in [0.25, 0.3) is 10.9 Å². The monoisotopic (exact) mass is 381 g/mol. The van der Waals surface area contributed by atoms with Crippen LogP contribution in [0.15, 0.2) is 42.9 Å². The number of nitrogens with one attached hydrogen (secondary N) is 1. The van der Waals surface area contributed by atoms with Crippen molar-refractivity contribution in [1.82, 2.24) is 15.0 Å². The molecule has 138 valence electrons. The number of rotatable bonds is 3. The van der Waals surface area contributed by atoms with E-state index in [9.17, 15) is 4.79 Å². The number of anilines is 2. The van der Waals surface area contributed by atoms with Crippen LogP contribution < -0.4 is 10.2 Å². The Morgan fingerprint density at radius 3 is 2.70 bits per heavy atom. The molecule has 0 bridgehead atoms. The number of nitrogens with zero attached hydrogens (tertiary/aromatic N) is 4. The first-order chi connectivity index (χ1) is 13.1. The second-order valence-corrected chi connectivity index (χ2v) is 7.27. The van der Waals surface area contributed by atoms with Crippen LogP contribution in [-0.2, 0) is 4.79 Å². The van der Waals surface area contributed by atoms with Crippen molar-refractivity contribution in [1.29, 1.82) is 0 Å². The number of aryl methyl sites for hydroxylation is 1. The molecule has 1 N–H and O–H groups in total. The zero-order valence-electron chi connectivity index (χ0n) is 15.0. The zero-order valence-corrected chi connectivity index (χ0v) is 15.8. The van der Waals surface area contributed by atoms with Gasteiger partial charge in [-0.25, -0.2) is 15.0 Å². The lowest BCUT2D eigenvalue weighted by atomic mass is 9.95. The lowest BCUT2D eigenvalue weighted by Crippen LogP contribution is -2.38. The number of fused-ring (bicyclic) bond motifs is 1. The Labute approximate surface area is 162 Å². The Morgan fingerprint density at radius 1 is 1.15 bits per heavy atom. The van der Waals surface area contributed by atoms with Gasteiger partial charge in [-0.3, -0.25) is 4.79 Å². The maximum absolute atomic E-state index is 12.5. The molecule has 3 heterocycles.